The standard InChI is InChI=1S/C15H15NO4/c1-4-20-14(18)8-12-11-7-9(2)5-6-13(11)16(10(3)17)15(12)19/h5-8H,4H2,1-3H3/b12-8+. The van der Waals surface area contributed by atoms with E-state index >= 15 is 0 Å². The van der Waals surface area contributed by atoms with E-state index in [0.717, 1.165) is 16.5 Å². The average molecular weight is 273 g/mol. The molecule has 5 nitrogen and oxygen atoms in total. The minimum Gasteiger partial charge on any atom is -0.463 e. The maximum absolute atomic E-state index is 12.3. The molecule has 0 N–H and O–H groups in total. The van der Waals surface area contributed by atoms with Gasteiger partial charge in [0.25, 0.3) is 5.91 Å². The molecule has 1 aromatic carbocycles. The topological polar surface area (TPSA) is 63.7 Å². The average Bonchev–Trinajstić information content (AvgIpc) is 2.63. The lowest BCUT2D eigenvalue weighted by Crippen LogP contribution is -2.31. The Balaban J connectivity index is 2.55. The van der Waals surface area contributed by atoms with E-state index in [9.17, 15) is 14.4 Å². The van der Waals surface area contributed by atoms with Crippen LogP contribution in [0.2, 0.25) is 0 Å². The molecule has 0 aliphatic carbocycles. The fourth-order valence-electron chi connectivity index (χ4n) is 2.16. The zero-order valence-corrected chi connectivity index (χ0v) is 11.6. The summed E-state index contributed by atoms with van der Waals surface area (Å²) in [6, 6.07) is 5.30. The summed E-state index contributed by atoms with van der Waals surface area (Å²) < 4.78 is 4.82. The highest BCUT2D eigenvalue weighted by Crippen LogP contribution is 2.37. The van der Waals surface area contributed by atoms with Crippen LogP contribution in [0.15, 0.2) is 24.3 Å². The van der Waals surface area contributed by atoms with E-state index in [0.29, 0.717) is 11.3 Å². The number of fused-ring (bicyclic) bond motifs is 1. The molecule has 5 heteroatoms. The van der Waals surface area contributed by atoms with Crippen molar-refractivity contribution in [1.82, 2.24) is 0 Å². The second-order valence-corrected chi connectivity index (χ2v) is 4.49. The number of nitrogens with zero attached hydrogens (tertiary/aromatic N) is 1. The summed E-state index contributed by atoms with van der Waals surface area (Å²) in [5, 5.41) is 0. The Morgan fingerprint density at radius 2 is 2.05 bits per heavy atom. The minimum absolute atomic E-state index is 0.192. The van der Waals surface area contributed by atoms with Crippen LogP contribution < -0.4 is 4.90 Å². The van der Waals surface area contributed by atoms with Gasteiger partial charge in [0.05, 0.1) is 17.9 Å². The van der Waals surface area contributed by atoms with Gasteiger partial charge in [-0.05, 0) is 26.0 Å². The van der Waals surface area contributed by atoms with Crippen molar-refractivity contribution < 1.29 is 19.1 Å². The van der Waals surface area contributed by atoms with Crippen molar-refractivity contribution >= 4 is 29.0 Å². The van der Waals surface area contributed by atoms with Crippen LogP contribution in [0.1, 0.15) is 25.0 Å². The van der Waals surface area contributed by atoms with Gasteiger partial charge in [-0.25, -0.2) is 9.69 Å². The Bertz CT molecular complexity index is 631. The summed E-state index contributed by atoms with van der Waals surface area (Å²) in [5.41, 5.74) is 2.22. The molecule has 0 saturated heterocycles. The molecule has 0 aromatic heterocycles. The Hall–Kier alpha value is -2.43. The van der Waals surface area contributed by atoms with Gasteiger partial charge in [0, 0.05) is 18.6 Å². The third-order valence-electron chi connectivity index (χ3n) is 2.98. The molecule has 0 bridgehead atoms. The molecule has 0 radical (unpaired) electrons. The summed E-state index contributed by atoms with van der Waals surface area (Å²) in [4.78, 5) is 36.5. The molecule has 1 aromatic rings. The molecule has 2 amide bonds. The number of esters is 1. The predicted molar refractivity (Wildman–Crippen MR) is 74.0 cm³/mol. The van der Waals surface area contributed by atoms with Crippen LogP contribution in [0.4, 0.5) is 5.69 Å². The van der Waals surface area contributed by atoms with E-state index < -0.39 is 11.9 Å². The first-order valence-electron chi connectivity index (χ1n) is 6.30. The first-order valence-corrected chi connectivity index (χ1v) is 6.30. The van der Waals surface area contributed by atoms with Crippen molar-refractivity contribution in [2.24, 2.45) is 0 Å². The second-order valence-electron chi connectivity index (χ2n) is 4.49. The molecule has 2 rings (SSSR count). The van der Waals surface area contributed by atoms with Gasteiger partial charge in [0.2, 0.25) is 5.91 Å². The van der Waals surface area contributed by atoms with Gasteiger partial charge in [0.15, 0.2) is 0 Å². The first-order chi connectivity index (χ1) is 9.45. The number of carbonyl (C=O) groups excluding carboxylic acids is 3. The quantitative estimate of drug-likeness (QED) is 0.609. The minimum atomic E-state index is -0.589. The number of carbonyl (C=O) groups is 3. The molecule has 20 heavy (non-hydrogen) atoms. The van der Waals surface area contributed by atoms with Crippen molar-refractivity contribution in [3.63, 3.8) is 0 Å². The van der Waals surface area contributed by atoms with Crippen molar-refractivity contribution in [2.45, 2.75) is 20.8 Å². The van der Waals surface area contributed by atoms with Gasteiger partial charge in [-0.1, -0.05) is 11.6 Å². The number of benzene rings is 1. The van der Waals surface area contributed by atoms with Crippen LogP contribution in [0.5, 0.6) is 0 Å². The fourth-order valence-corrected chi connectivity index (χ4v) is 2.16. The number of aryl methyl sites for hydroxylation is 1. The Labute approximate surface area is 116 Å². The maximum Gasteiger partial charge on any atom is 0.331 e. The third-order valence-corrected chi connectivity index (χ3v) is 2.98. The Morgan fingerprint density at radius 3 is 2.65 bits per heavy atom. The zero-order chi connectivity index (χ0) is 14.9. The van der Waals surface area contributed by atoms with E-state index in [1.165, 1.54) is 6.92 Å². The lowest BCUT2D eigenvalue weighted by atomic mass is 10.0. The van der Waals surface area contributed by atoms with Crippen molar-refractivity contribution in [2.75, 3.05) is 11.5 Å². The number of hydrogen-bond acceptors (Lipinski definition) is 4. The van der Waals surface area contributed by atoms with E-state index in [1.807, 2.05) is 13.0 Å². The summed E-state index contributed by atoms with van der Waals surface area (Å²) in [5.74, 6) is -1.47. The van der Waals surface area contributed by atoms with Gasteiger partial charge >= 0.3 is 5.97 Å². The maximum atomic E-state index is 12.3. The predicted octanol–water partition coefficient (Wildman–Crippen LogP) is 1.83. The molecule has 0 saturated carbocycles. The molecule has 0 spiro atoms. The number of amides is 2. The molecule has 0 unspecified atom stereocenters. The first kappa shape index (κ1) is 14.0. The number of anilines is 1. The molecule has 1 heterocycles. The molecule has 104 valence electrons. The van der Waals surface area contributed by atoms with Crippen molar-refractivity contribution in [1.29, 1.82) is 0 Å². The lowest BCUT2D eigenvalue weighted by Gasteiger charge is -2.11. The summed E-state index contributed by atoms with van der Waals surface area (Å²) in [6.45, 7) is 5.11. The van der Waals surface area contributed by atoms with E-state index in [-0.39, 0.29) is 18.1 Å². The van der Waals surface area contributed by atoms with Crippen LogP contribution in [-0.2, 0) is 19.1 Å². The van der Waals surface area contributed by atoms with Crippen LogP contribution >= 0.6 is 0 Å². The molecule has 1 aliphatic heterocycles. The highest BCUT2D eigenvalue weighted by molar-refractivity contribution is 6.40. The monoisotopic (exact) mass is 273 g/mol. The van der Waals surface area contributed by atoms with Gasteiger partial charge in [-0.15, -0.1) is 0 Å². The van der Waals surface area contributed by atoms with Crippen molar-refractivity contribution in [3.05, 3.63) is 35.4 Å². The highest BCUT2D eigenvalue weighted by atomic mass is 16.5. The normalized spacial score (nSPS) is 15.4. The summed E-state index contributed by atoms with van der Waals surface area (Å²) >= 11 is 0. The second kappa shape index (κ2) is 5.28. The largest absolute Gasteiger partial charge is 0.463 e. The molecule has 1 aliphatic rings. The van der Waals surface area contributed by atoms with Crippen LogP contribution in [0.3, 0.4) is 0 Å². The smallest absolute Gasteiger partial charge is 0.331 e. The fraction of sp³-hybridized carbons (Fsp3) is 0.267. The highest BCUT2D eigenvalue weighted by Gasteiger charge is 2.35. The summed E-state index contributed by atoms with van der Waals surface area (Å²) in [7, 11) is 0. The summed E-state index contributed by atoms with van der Waals surface area (Å²) in [6.07, 6.45) is 1.15. The molecular formula is C15H15NO4. The molecule has 0 atom stereocenters. The Morgan fingerprint density at radius 1 is 1.35 bits per heavy atom. The van der Waals surface area contributed by atoms with Crippen LogP contribution in [0, 0.1) is 6.92 Å². The third kappa shape index (κ3) is 2.34. The van der Waals surface area contributed by atoms with Gasteiger partial charge in [-0.2, -0.15) is 0 Å². The van der Waals surface area contributed by atoms with Gasteiger partial charge in [0.1, 0.15) is 0 Å². The van der Waals surface area contributed by atoms with Crippen molar-refractivity contribution in [3.8, 4) is 0 Å². The van der Waals surface area contributed by atoms with Gasteiger partial charge < -0.3 is 4.74 Å². The number of rotatable bonds is 2. The lowest BCUT2D eigenvalue weighted by molar-refractivity contribution is -0.137. The number of ether oxygens (including phenoxy) is 1. The van der Waals surface area contributed by atoms with E-state index in [4.69, 9.17) is 4.74 Å². The van der Waals surface area contributed by atoms with E-state index in [1.54, 1.807) is 19.1 Å². The van der Waals surface area contributed by atoms with E-state index in [2.05, 4.69) is 0 Å². The van der Waals surface area contributed by atoms with Crippen LogP contribution in [0.25, 0.3) is 5.57 Å². The SMILES string of the molecule is CCOC(=O)/C=C1/C(=O)N(C(C)=O)c2ccc(C)cc21. The zero-order valence-electron chi connectivity index (χ0n) is 11.6. The number of imide groups is 1. The molecule has 0 fully saturated rings. The Kier molecular flexibility index (Phi) is 3.70. The molecular weight excluding hydrogens is 258 g/mol. The van der Waals surface area contributed by atoms with Crippen LogP contribution in [-0.4, -0.2) is 24.4 Å². The number of hydrogen-bond donors (Lipinski definition) is 0. The van der Waals surface area contributed by atoms with Gasteiger partial charge in [-0.3, -0.25) is 9.59 Å².